The number of halogens is 1. The lowest BCUT2D eigenvalue weighted by atomic mass is 10.2. The van der Waals surface area contributed by atoms with Crippen molar-refractivity contribution in [3.05, 3.63) is 22.8 Å². The Balaban J connectivity index is 2.32. The first kappa shape index (κ1) is 12.5. The molecule has 1 fully saturated rings. The standard InChI is InChI=1S/C11H15ClN4S/c1-7-6-16(4-5-17-7)11-9(12)8(10(13)14)2-3-15-11/h2-3,7H,4-6H2,1H3,(H3,13,14). The molecule has 1 atom stereocenters. The highest BCUT2D eigenvalue weighted by molar-refractivity contribution is 8.00. The zero-order chi connectivity index (χ0) is 12.4. The molecule has 1 aromatic rings. The smallest absolute Gasteiger partial charge is 0.148 e. The van der Waals surface area contributed by atoms with E-state index in [1.165, 1.54) is 0 Å². The van der Waals surface area contributed by atoms with Gasteiger partial charge in [0.05, 0.1) is 5.02 Å². The van der Waals surface area contributed by atoms with E-state index in [2.05, 4.69) is 16.8 Å². The van der Waals surface area contributed by atoms with Gasteiger partial charge in [-0.1, -0.05) is 18.5 Å². The highest BCUT2D eigenvalue weighted by Crippen LogP contribution is 2.30. The summed E-state index contributed by atoms with van der Waals surface area (Å²) in [6, 6.07) is 1.68. The summed E-state index contributed by atoms with van der Waals surface area (Å²) in [5, 5.41) is 8.53. The lowest BCUT2D eigenvalue weighted by molar-refractivity contribution is 0.770. The summed E-state index contributed by atoms with van der Waals surface area (Å²) in [7, 11) is 0. The highest BCUT2D eigenvalue weighted by Gasteiger charge is 2.21. The number of pyridine rings is 1. The topological polar surface area (TPSA) is 66.0 Å². The molecule has 0 radical (unpaired) electrons. The number of anilines is 1. The third-order valence-corrected chi connectivity index (χ3v) is 4.21. The van der Waals surface area contributed by atoms with E-state index < -0.39 is 0 Å². The van der Waals surface area contributed by atoms with Crippen molar-refractivity contribution in [3.63, 3.8) is 0 Å². The highest BCUT2D eigenvalue weighted by atomic mass is 35.5. The van der Waals surface area contributed by atoms with Crippen molar-refractivity contribution in [1.29, 1.82) is 5.41 Å². The zero-order valence-corrected chi connectivity index (χ0v) is 11.2. The Morgan fingerprint density at radius 2 is 2.47 bits per heavy atom. The van der Waals surface area contributed by atoms with Crippen LogP contribution in [0.5, 0.6) is 0 Å². The fourth-order valence-electron chi connectivity index (χ4n) is 1.87. The van der Waals surface area contributed by atoms with E-state index in [0.717, 1.165) is 24.7 Å². The summed E-state index contributed by atoms with van der Waals surface area (Å²) in [6.07, 6.45) is 1.66. The van der Waals surface area contributed by atoms with Gasteiger partial charge in [0, 0.05) is 35.9 Å². The van der Waals surface area contributed by atoms with Crippen LogP contribution in [-0.4, -0.2) is 34.9 Å². The van der Waals surface area contributed by atoms with E-state index >= 15 is 0 Å². The Bertz CT molecular complexity index is 437. The molecule has 4 nitrogen and oxygen atoms in total. The molecular formula is C11H15ClN4S. The minimum absolute atomic E-state index is 0.0157. The van der Waals surface area contributed by atoms with Crippen molar-refractivity contribution in [3.8, 4) is 0 Å². The SMILES string of the molecule is CC1CN(c2nccc(C(=N)N)c2Cl)CCS1. The maximum Gasteiger partial charge on any atom is 0.148 e. The van der Waals surface area contributed by atoms with Crippen LogP contribution in [0.15, 0.2) is 12.3 Å². The first-order chi connectivity index (χ1) is 8.09. The van der Waals surface area contributed by atoms with Gasteiger partial charge in [-0.05, 0) is 6.07 Å². The zero-order valence-electron chi connectivity index (χ0n) is 9.61. The quantitative estimate of drug-likeness (QED) is 0.637. The van der Waals surface area contributed by atoms with Crippen LogP contribution in [0.25, 0.3) is 0 Å². The van der Waals surface area contributed by atoms with E-state index in [1.54, 1.807) is 12.3 Å². The molecule has 0 spiro atoms. The second-order valence-corrected chi connectivity index (χ2v) is 5.96. The third kappa shape index (κ3) is 2.66. The summed E-state index contributed by atoms with van der Waals surface area (Å²) < 4.78 is 0. The number of hydrogen-bond donors (Lipinski definition) is 2. The normalized spacial score (nSPS) is 20.4. The summed E-state index contributed by atoms with van der Waals surface area (Å²) in [5.74, 6) is 1.80. The second kappa shape index (κ2) is 5.14. The van der Waals surface area contributed by atoms with E-state index in [-0.39, 0.29) is 5.84 Å². The van der Waals surface area contributed by atoms with Gasteiger partial charge < -0.3 is 10.6 Å². The Kier molecular flexibility index (Phi) is 3.79. The van der Waals surface area contributed by atoms with Crippen molar-refractivity contribution >= 4 is 35.0 Å². The molecule has 0 saturated carbocycles. The predicted octanol–water partition coefficient (Wildman–Crippen LogP) is 1.96. The summed E-state index contributed by atoms with van der Waals surface area (Å²) in [5.41, 5.74) is 6.05. The molecule has 17 heavy (non-hydrogen) atoms. The Labute approximate surface area is 110 Å². The lowest BCUT2D eigenvalue weighted by Gasteiger charge is -2.32. The van der Waals surface area contributed by atoms with E-state index in [0.29, 0.717) is 15.8 Å². The molecule has 0 amide bonds. The molecule has 0 aliphatic carbocycles. The molecule has 1 aliphatic heterocycles. The molecule has 3 N–H and O–H groups in total. The van der Waals surface area contributed by atoms with Crippen LogP contribution in [-0.2, 0) is 0 Å². The first-order valence-corrected chi connectivity index (χ1v) is 6.87. The Hall–Kier alpha value is -0.940. The third-order valence-electron chi connectivity index (χ3n) is 2.70. The van der Waals surface area contributed by atoms with Crippen LogP contribution < -0.4 is 10.6 Å². The van der Waals surface area contributed by atoms with Crippen molar-refractivity contribution in [2.75, 3.05) is 23.7 Å². The maximum absolute atomic E-state index is 7.47. The molecule has 1 saturated heterocycles. The lowest BCUT2D eigenvalue weighted by Crippen LogP contribution is -2.37. The van der Waals surface area contributed by atoms with Gasteiger partial charge in [0.25, 0.3) is 0 Å². The molecule has 2 rings (SSSR count). The second-order valence-electron chi connectivity index (χ2n) is 4.04. The van der Waals surface area contributed by atoms with Crippen LogP contribution >= 0.6 is 23.4 Å². The molecule has 0 bridgehead atoms. The van der Waals surface area contributed by atoms with Crippen LogP contribution in [0, 0.1) is 5.41 Å². The fraction of sp³-hybridized carbons (Fsp3) is 0.455. The molecule has 92 valence electrons. The van der Waals surface area contributed by atoms with E-state index in [9.17, 15) is 0 Å². The van der Waals surface area contributed by atoms with Gasteiger partial charge in [0.2, 0.25) is 0 Å². The number of thioether (sulfide) groups is 1. The van der Waals surface area contributed by atoms with Gasteiger partial charge in [0.1, 0.15) is 11.7 Å². The number of hydrogen-bond acceptors (Lipinski definition) is 4. The van der Waals surface area contributed by atoms with Crippen LogP contribution in [0.1, 0.15) is 12.5 Å². The number of nitrogens with two attached hydrogens (primary N) is 1. The first-order valence-electron chi connectivity index (χ1n) is 5.45. The number of nitrogens with one attached hydrogen (secondary N) is 1. The number of aromatic nitrogens is 1. The maximum atomic E-state index is 7.47. The average molecular weight is 271 g/mol. The van der Waals surface area contributed by atoms with Crippen LogP contribution in [0.2, 0.25) is 5.02 Å². The minimum Gasteiger partial charge on any atom is -0.384 e. The van der Waals surface area contributed by atoms with Crippen LogP contribution in [0.4, 0.5) is 5.82 Å². The average Bonchev–Trinajstić information content (AvgIpc) is 2.29. The number of amidine groups is 1. The van der Waals surface area contributed by atoms with Gasteiger partial charge in [-0.3, -0.25) is 5.41 Å². The van der Waals surface area contributed by atoms with Crippen LogP contribution in [0.3, 0.4) is 0 Å². The van der Waals surface area contributed by atoms with Gasteiger partial charge in [-0.25, -0.2) is 4.98 Å². The molecule has 0 aromatic carbocycles. The summed E-state index contributed by atoms with van der Waals surface area (Å²) in [6.45, 7) is 4.06. The molecule has 1 aromatic heterocycles. The monoisotopic (exact) mass is 270 g/mol. The molecule has 1 aliphatic rings. The number of nitrogens with zero attached hydrogens (tertiary/aromatic N) is 2. The van der Waals surface area contributed by atoms with Gasteiger partial charge in [-0.15, -0.1) is 0 Å². The minimum atomic E-state index is -0.0157. The Morgan fingerprint density at radius 1 is 1.71 bits per heavy atom. The largest absolute Gasteiger partial charge is 0.384 e. The Morgan fingerprint density at radius 3 is 3.12 bits per heavy atom. The van der Waals surface area contributed by atoms with Crippen molar-refractivity contribution in [2.45, 2.75) is 12.2 Å². The number of rotatable bonds is 2. The number of nitrogen functional groups attached to an aromatic ring is 1. The predicted molar refractivity (Wildman–Crippen MR) is 74.4 cm³/mol. The summed E-state index contributed by atoms with van der Waals surface area (Å²) in [4.78, 5) is 6.47. The van der Waals surface area contributed by atoms with Gasteiger partial charge in [-0.2, -0.15) is 11.8 Å². The fourth-order valence-corrected chi connectivity index (χ4v) is 3.22. The van der Waals surface area contributed by atoms with E-state index in [4.69, 9.17) is 22.7 Å². The molecule has 6 heteroatoms. The summed E-state index contributed by atoms with van der Waals surface area (Å²) >= 11 is 8.21. The van der Waals surface area contributed by atoms with Crippen molar-refractivity contribution < 1.29 is 0 Å². The van der Waals surface area contributed by atoms with Crippen molar-refractivity contribution in [2.24, 2.45) is 5.73 Å². The van der Waals surface area contributed by atoms with Gasteiger partial charge in [0.15, 0.2) is 0 Å². The van der Waals surface area contributed by atoms with Gasteiger partial charge >= 0.3 is 0 Å². The molecular weight excluding hydrogens is 256 g/mol. The molecule has 1 unspecified atom stereocenters. The van der Waals surface area contributed by atoms with E-state index in [1.807, 2.05) is 11.8 Å². The van der Waals surface area contributed by atoms with Crippen molar-refractivity contribution in [1.82, 2.24) is 4.98 Å². The molecule has 2 heterocycles.